The Morgan fingerprint density at radius 2 is 1.64 bits per heavy atom. The maximum Gasteiger partial charge on any atom is 0.416 e. The van der Waals surface area contributed by atoms with E-state index in [0.717, 1.165) is 35.1 Å². The van der Waals surface area contributed by atoms with Crippen molar-refractivity contribution < 1.29 is 31.2 Å². The first-order valence-electron chi connectivity index (χ1n) is 13.2. The Hall–Kier alpha value is -3.57. The molecule has 1 atom stereocenters. The quantitative estimate of drug-likeness (QED) is 0.285. The Bertz CT molecular complexity index is 1500. The molecule has 1 N–H and O–H groups in total. The number of nitrogens with one attached hydrogen (secondary N) is 1. The third-order valence-electron chi connectivity index (χ3n) is 6.64. The second-order valence-corrected chi connectivity index (χ2v) is 12.2. The highest BCUT2D eigenvalue weighted by Gasteiger charge is 2.36. The third-order valence-corrected chi connectivity index (χ3v) is 8.09. The highest BCUT2D eigenvalue weighted by Crippen LogP contribution is 2.36. The Kier molecular flexibility index (Phi) is 11.0. The number of aryl methyl sites for hydroxylation is 1. The first kappa shape index (κ1) is 32.9. The molecule has 12 heteroatoms. The number of carbonyl (C=O) groups excluding carboxylic acids is 2. The summed E-state index contributed by atoms with van der Waals surface area (Å²) in [5, 5.41) is 2.54. The predicted molar refractivity (Wildman–Crippen MR) is 158 cm³/mol. The van der Waals surface area contributed by atoms with Gasteiger partial charge in [0.15, 0.2) is 0 Å². The van der Waals surface area contributed by atoms with E-state index in [-0.39, 0.29) is 18.0 Å². The highest BCUT2D eigenvalue weighted by molar-refractivity contribution is 7.92. The van der Waals surface area contributed by atoms with Crippen LogP contribution in [0.1, 0.15) is 35.6 Å². The summed E-state index contributed by atoms with van der Waals surface area (Å²) in [5.74, 6) is -1.23. The number of nitrogens with zero attached hydrogens (tertiary/aromatic N) is 2. The van der Waals surface area contributed by atoms with Crippen molar-refractivity contribution in [1.82, 2.24) is 10.2 Å². The highest BCUT2D eigenvalue weighted by atomic mass is 35.5. The lowest BCUT2D eigenvalue weighted by molar-refractivity contribution is -0.140. The smallest absolute Gasteiger partial charge is 0.354 e. The van der Waals surface area contributed by atoms with Crippen molar-refractivity contribution in [1.29, 1.82) is 0 Å². The number of hydrogen-bond donors (Lipinski definition) is 1. The molecule has 0 aliphatic carbocycles. The minimum absolute atomic E-state index is 0.0452. The molecule has 3 aromatic rings. The van der Waals surface area contributed by atoms with Crippen LogP contribution in [0.2, 0.25) is 5.02 Å². The SMILES string of the molecule is CCCNC(=O)[C@@H](Cc1ccccc1)N(Cc1ccccc1C)C(=O)CN(c1cc(C(F)(F)F)ccc1Cl)S(C)(=O)=O. The molecule has 0 aliphatic rings. The van der Waals surface area contributed by atoms with Crippen molar-refractivity contribution in [2.45, 2.75) is 45.5 Å². The number of rotatable bonds is 12. The van der Waals surface area contributed by atoms with Gasteiger partial charge in [0.05, 0.1) is 22.5 Å². The number of sulfonamides is 1. The Morgan fingerprint density at radius 3 is 2.24 bits per heavy atom. The summed E-state index contributed by atoms with van der Waals surface area (Å²) in [6.07, 6.45) is -3.23. The maximum atomic E-state index is 14.1. The topological polar surface area (TPSA) is 86.8 Å². The second kappa shape index (κ2) is 14.1. The fraction of sp³-hybridized carbons (Fsp3) is 0.333. The van der Waals surface area contributed by atoms with Gasteiger partial charge >= 0.3 is 6.18 Å². The van der Waals surface area contributed by atoms with Gasteiger partial charge in [-0.25, -0.2) is 8.42 Å². The molecule has 0 spiro atoms. The average molecular weight is 624 g/mol. The molecule has 0 heterocycles. The van der Waals surface area contributed by atoms with Gasteiger partial charge < -0.3 is 10.2 Å². The standard InChI is InChI=1S/C30H33ClF3N3O4S/c1-4-16-35-29(39)27(17-22-11-6-5-7-12-22)36(19-23-13-9-8-10-21(23)2)28(38)20-37(42(3,40)41)26-18-24(30(32,33)34)14-15-25(26)31/h5-15,18,27H,4,16-17,19-20H2,1-3H3,(H,35,39)/t27-/m1/s1. The van der Waals surface area contributed by atoms with Crippen molar-refractivity contribution in [3.05, 3.63) is 100 Å². The molecule has 226 valence electrons. The number of anilines is 1. The van der Waals surface area contributed by atoms with Crippen LogP contribution < -0.4 is 9.62 Å². The molecule has 3 aromatic carbocycles. The molecule has 0 saturated heterocycles. The van der Waals surface area contributed by atoms with E-state index in [4.69, 9.17) is 11.6 Å². The van der Waals surface area contributed by atoms with Crippen LogP contribution in [0.5, 0.6) is 0 Å². The van der Waals surface area contributed by atoms with Crippen LogP contribution in [0, 0.1) is 6.92 Å². The summed E-state index contributed by atoms with van der Waals surface area (Å²) in [5.41, 5.74) is 0.699. The van der Waals surface area contributed by atoms with Crippen LogP contribution in [0.3, 0.4) is 0 Å². The van der Waals surface area contributed by atoms with Gasteiger partial charge in [0.2, 0.25) is 21.8 Å². The fourth-order valence-corrected chi connectivity index (χ4v) is 5.49. The Morgan fingerprint density at radius 1 is 1.00 bits per heavy atom. The number of alkyl halides is 3. The van der Waals surface area contributed by atoms with E-state index in [1.807, 2.05) is 44.2 Å². The van der Waals surface area contributed by atoms with Gasteiger partial charge in [-0.15, -0.1) is 0 Å². The predicted octanol–water partition coefficient (Wildman–Crippen LogP) is 5.60. The summed E-state index contributed by atoms with van der Waals surface area (Å²) in [6, 6.07) is 17.5. The zero-order chi connectivity index (χ0) is 31.1. The lowest BCUT2D eigenvalue weighted by atomic mass is 10.0. The molecule has 0 radical (unpaired) electrons. The molecule has 0 fully saturated rings. The fourth-order valence-electron chi connectivity index (χ4n) is 4.37. The van der Waals surface area contributed by atoms with E-state index in [2.05, 4.69) is 5.32 Å². The largest absolute Gasteiger partial charge is 0.416 e. The summed E-state index contributed by atoms with van der Waals surface area (Å²) < 4.78 is 66.8. The van der Waals surface area contributed by atoms with Gasteiger partial charge in [-0.2, -0.15) is 13.2 Å². The second-order valence-electron chi connectivity index (χ2n) is 9.88. The van der Waals surface area contributed by atoms with Gasteiger partial charge in [-0.05, 0) is 48.2 Å². The number of carbonyl (C=O) groups is 2. The molecule has 0 saturated carbocycles. The third kappa shape index (κ3) is 8.72. The number of hydrogen-bond acceptors (Lipinski definition) is 4. The number of amides is 2. The zero-order valence-electron chi connectivity index (χ0n) is 23.5. The van der Waals surface area contributed by atoms with Crippen LogP contribution in [0.15, 0.2) is 72.8 Å². The van der Waals surface area contributed by atoms with E-state index in [0.29, 0.717) is 23.3 Å². The molecular formula is C30H33ClF3N3O4S. The Labute approximate surface area is 249 Å². The molecule has 42 heavy (non-hydrogen) atoms. The minimum Gasteiger partial charge on any atom is -0.354 e. The van der Waals surface area contributed by atoms with Crippen LogP contribution in [0.25, 0.3) is 0 Å². The summed E-state index contributed by atoms with van der Waals surface area (Å²) >= 11 is 6.18. The van der Waals surface area contributed by atoms with E-state index in [9.17, 15) is 31.2 Å². The molecule has 3 rings (SSSR count). The van der Waals surface area contributed by atoms with Gasteiger partial charge in [-0.1, -0.05) is 73.1 Å². The van der Waals surface area contributed by atoms with Crippen molar-refractivity contribution in [2.24, 2.45) is 0 Å². The van der Waals surface area contributed by atoms with E-state index < -0.39 is 51.9 Å². The van der Waals surface area contributed by atoms with Crippen molar-refractivity contribution in [3.8, 4) is 0 Å². The first-order valence-corrected chi connectivity index (χ1v) is 15.4. The van der Waals surface area contributed by atoms with Crippen molar-refractivity contribution in [2.75, 3.05) is 23.7 Å². The van der Waals surface area contributed by atoms with Crippen LogP contribution in [-0.4, -0.2) is 50.5 Å². The molecular weight excluding hydrogens is 591 g/mol. The number of halogens is 4. The van der Waals surface area contributed by atoms with Gasteiger partial charge in [0, 0.05) is 19.5 Å². The van der Waals surface area contributed by atoms with Crippen LogP contribution in [0.4, 0.5) is 18.9 Å². The van der Waals surface area contributed by atoms with E-state index in [1.165, 1.54) is 4.90 Å². The molecule has 0 bridgehead atoms. The van der Waals surface area contributed by atoms with E-state index in [1.54, 1.807) is 24.3 Å². The lowest BCUT2D eigenvalue weighted by Gasteiger charge is -2.34. The summed E-state index contributed by atoms with van der Waals surface area (Å²) in [6.45, 7) is 3.15. The summed E-state index contributed by atoms with van der Waals surface area (Å²) in [4.78, 5) is 28.9. The zero-order valence-corrected chi connectivity index (χ0v) is 25.1. The van der Waals surface area contributed by atoms with Crippen LogP contribution in [-0.2, 0) is 38.8 Å². The summed E-state index contributed by atoms with van der Waals surface area (Å²) in [7, 11) is -4.30. The molecule has 7 nitrogen and oxygen atoms in total. The molecule has 2 amide bonds. The van der Waals surface area contributed by atoms with Crippen molar-refractivity contribution >= 4 is 39.1 Å². The van der Waals surface area contributed by atoms with Crippen LogP contribution >= 0.6 is 11.6 Å². The van der Waals surface area contributed by atoms with Crippen molar-refractivity contribution in [3.63, 3.8) is 0 Å². The maximum absolute atomic E-state index is 14.1. The monoisotopic (exact) mass is 623 g/mol. The molecule has 0 aliphatic heterocycles. The van der Waals surface area contributed by atoms with Gasteiger partial charge in [0.1, 0.15) is 12.6 Å². The van der Waals surface area contributed by atoms with E-state index >= 15 is 0 Å². The first-order chi connectivity index (χ1) is 19.7. The molecule has 0 aromatic heterocycles. The molecule has 0 unspecified atom stereocenters. The van der Waals surface area contributed by atoms with Gasteiger partial charge in [0.25, 0.3) is 0 Å². The average Bonchev–Trinajstić information content (AvgIpc) is 2.93. The Balaban J connectivity index is 2.11. The minimum atomic E-state index is -4.78. The lowest BCUT2D eigenvalue weighted by Crippen LogP contribution is -2.53. The van der Waals surface area contributed by atoms with Gasteiger partial charge in [-0.3, -0.25) is 13.9 Å². The number of benzene rings is 3. The normalized spacial score (nSPS) is 12.5.